The highest BCUT2D eigenvalue weighted by Crippen LogP contribution is 2.22. The molecule has 3 aromatic rings. The molecule has 1 heterocycles. The smallest absolute Gasteiger partial charge is 0.244 e. The molecular formula is C26H26ClN7O2. The van der Waals surface area contributed by atoms with Crippen molar-refractivity contribution < 1.29 is 9.59 Å². The van der Waals surface area contributed by atoms with Gasteiger partial charge in [0.15, 0.2) is 5.82 Å². The van der Waals surface area contributed by atoms with E-state index in [2.05, 4.69) is 37.3 Å². The zero-order valence-corrected chi connectivity index (χ0v) is 20.5. The molecule has 0 radical (unpaired) electrons. The minimum atomic E-state index is -0.246. The van der Waals surface area contributed by atoms with Crippen molar-refractivity contribution in [3.05, 3.63) is 76.8 Å². The number of amides is 2. The van der Waals surface area contributed by atoms with Gasteiger partial charge in [-0.2, -0.15) is 5.26 Å². The molecule has 1 aromatic heterocycles. The Bertz CT molecular complexity index is 1270. The van der Waals surface area contributed by atoms with E-state index in [1.807, 2.05) is 18.2 Å². The van der Waals surface area contributed by atoms with Gasteiger partial charge in [0.1, 0.15) is 11.6 Å². The summed E-state index contributed by atoms with van der Waals surface area (Å²) >= 11 is 6.00. The fraction of sp³-hybridized carbons (Fsp3) is 0.192. The molecule has 184 valence electrons. The number of nitrogens with zero attached hydrogens (tertiary/aromatic N) is 3. The van der Waals surface area contributed by atoms with Crippen molar-refractivity contribution >= 4 is 41.1 Å². The molecule has 9 nitrogen and oxygen atoms in total. The molecule has 0 atom stereocenters. The lowest BCUT2D eigenvalue weighted by Crippen LogP contribution is -2.27. The van der Waals surface area contributed by atoms with E-state index in [1.54, 1.807) is 42.5 Å². The van der Waals surface area contributed by atoms with E-state index in [9.17, 15) is 9.59 Å². The predicted octanol–water partition coefficient (Wildman–Crippen LogP) is 3.46. The topological polar surface area (TPSA) is 132 Å². The van der Waals surface area contributed by atoms with Gasteiger partial charge >= 0.3 is 0 Å². The first-order chi connectivity index (χ1) is 17.4. The molecule has 2 aromatic carbocycles. The van der Waals surface area contributed by atoms with Crippen LogP contribution in [0.15, 0.2) is 60.7 Å². The zero-order valence-electron chi connectivity index (χ0n) is 19.7. The molecule has 0 spiro atoms. The predicted molar refractivity (Wildman–Crippen MR) is 141 cm³/mol. The minimum absolute atomic E-state index is 0.101. The summed E-state index contributed by atoms with van der Waals surface area (Å²) in [5.74, 6) is 1.33. The molecule has 4 N–H and O–H groups in total. The van der Waals surface area contributed by atoms with Crippen LogP contribution in [0, 0.1) is 11.3 Å². The standard InChI is InChI=1S/C26H26ClN7O2/c1-18(35)29-11-12-30-23-16-24(34-26(33-23)21-6-8-22(27)9-7-21)31-13-14-32-25(36)10-5-19-3-2-4-20(15-19)17-28/h2-10,15-16H,11-14H2,1H3,(H,29,35)(H,32,36)(H2,30,31,33,34)/b10-5+. The van der Waals surface area contributed by atoms with Crippen molar-refractivity contribution in [1.82, 2.24) is 20.6 Å². The van der Waals surface area contributed by atoms with Gasteiger partial charge in [-0.3, -0.25) is 9.59 Å². The van der Waals surface area contributed by atoms with Crippen molar-refractivity contribution in [2.45, 2.75) is 6.92 Å². The summed E-state index contributed by atoms with van der Waals surface area (Å²) in [7, 11) is 0. The van der Waals surface area contributed by atoms with Crippen LogP contribution in [-0.2, 0) is 9.59 Å². The highest BCUT2D eigenvalue weighted by atomic mass is 35.5. The Labute approximate surface area is 214 Å². The number of hydrogen-bond acceptors (Lipinski definition) is 7. The number of nitriles is 1. The molecule has 0 saturated heterocycles. The molecule has 0 aliphatic rings. The third kappa shape index (κ3) is 8.74. The third-order valence-corrected chi connectivity index (χ3v) is 5.06. The SMILES string of the molecule is CC(=O)NCCNc1cc(NCCNC(=O)/C=C/c2cccc(C#N)c2)nc(-c2ccc(Cl)cc2)n1. The first-order valence-electron chi connectivity index (χ1n) is 11.3. The molecule has 0 aliphatic heterocycles. The Kier molecular flexibility index (Phi) is 9.79. The van der Waals surface area contributed by atoms with E-state index >= 15 is 0 Å². The number of rotatable bonds is 11. The van der Waals surface area contributed by atoms with Gasteiger partial charge in [-0.1, -0.05) is 23.7 Å². The van der Waals surface area contributed by atoms with Crippen LogP contribution in [0.5, 0.6) is 0 Å². The molecule has 0 fully saturated rings. The molecule has 10 heteroatoms. The monoisotopic (exact) mass is 503 g/mol. The van der Waals surface area contributed by atoms with Crippen LogP contribution < -0.4 is 21.3 Å². The molecule has 0 bridgehead atoms. The zero-order chi connectivity index (χ0) is 25.8. The molecule has 3 rings (SSSR count). The van der Waals surface area contributed by atoms with Gasteiger partial charge in [0, 0.05) is 55.8 Å². The van der Waals surface area contributed by atoms with Gasteiger partial charge in [0.2, 0.25) is 11.8 Å². The summed E-state index contributed by atoms with van der Waals surface area (Å²) in [6.45, 7) is 3.22. The van der Waals surface area contributed by atoms with Gasteiger partial charge < -0.3 is 21.3 Å². The van der Waals surface area contributed by atoms with Crippen LogP contribution in [0.3, 0.4) is 0 Å². The summed E-state index contributed by atoms with van der Waals surface area (Å²) in [5, 5.41) is 21.5. The van der Waals surface area contributed by atoms with Crippen LogP contribution in [0.4, 0.5) is 11.6 Å². The first kappa shape index (κ1) is 26.2. The van der Waals surface area contributed by atoms with E-state index < -0.39 is 0 Å². The van der Waals surface area contributed by atoms with Gasteiger partial charge in [-0.15, -0.1) is 0 Å². The molecule has 2 amide bonds. The first-order valence-corrected chi connectivity index (χ1v) is 11.6. The van der Waals surface area contributed by atoms with Gasteiger partial charge in [-0.05, 0) is 48.0 Å². The van der Waals surface area contributed by atoms with Gasteiger partial charge in [0.25, 0.3) is 0 Å². The van der Waals surface area contributed by atoms with Crippen LogP contribution in [0.25, 0.3) is 17.5 Å². The van der Waals surface area contributed by atoms with Gasteiger partial charge in [0.05, 0.1) is 11.6 Å². The average molecular weight is 504 g/mol. The number of anilines is 2. The highest BCUT2D eigenvalue weighted by Gasteiger charge is 2.08. The van der Waals surface area contributed by atoms with E-state index in [-0.39, 0.29) is 11.8 Å². The largest absolute Gasteiger partial charge is 0.368 e. The Hall–Kier alpha value is -4.42. The van der Waals surface area contributed by atoms with Crippen molar-refractivity contribution in [3.8, 4) is 17.5 Å². The van der Waals surface area contributed by atoms with Crippen molar-refractivity contribution in [2.75, 3.05) is 36.8 Å². The molecule has 0 aliphatic carbocycles. The fourth-order valence-corrected chi connectivity index (χ4v) is 3.23. The summed E-state index contributed by atoms with van der Waals surface area (Å²) in [4.78, 5) is 32.3. The normalized spacial score (nSPS) is 10.5. The number of aromatic nitrogens is 2. The lowest BCUT2D eigenvalue weighted by atomic mass is 10.1. The number of benzene rings is 2. The van der Waals surface area contributed by atoms with Gasteiger partial charge in [-0.25, -0.2) is 9.97 Å². The Morgan fingerprint density at radius 3 is 2.25 bits per heavy atom. The highest BCUT2D eigenvalue weighted by molar-refractivity contribution is 6.30. The summed E-state index contributed by atoms with van der Waals surface area (Å²) < 4.78 is 0. The van der Waals surface area contributed by atoms with Crippen molar-refractivity contribution in [2.24, 2.45) is 0 Å². The maximum Gasteiger partial charge on any atom is 0.244 e. The van der Waals surface area contributed by atoms with E-state index in [1.165, 1.54) is 13.0 Å². The van der Waals surface area contributed by atoms with Crippen LogP contribution in [0.2, 0.25) is 5.02 Å². The summed E-state index contributed by atoms with van der Waals surface area (Å²) in [6, 6.07) is 18.0. The maximum absolute atomic E-state index is 12.1. The van der Waals surface area contributed by atoms with Crippen molar-refractivity contribution in [3.63, 3.8) is 0 Å². The van der Waals surface area contributed by atoms with Crippen LogP contribution >= 0.6 is 11.6 Å². The Morgan fingerprint density at radius 2 is 1.61 bits per heavy atom. The van der Waals surface area contributed by atoms with Crippen molar-refractivity contribution in [1.29, 1.82) is 5.26 Å². The fourth-order valence-electron chi connectivity index (χ4n) is 3.10. The minimum Gasteiger partial charge on any atom is -0.368 e. The second kappa shape index (κ2) is 13.5. The summed E-state index contributed by atoms with van der Waals surface area (Å²) in [5.41, 5.74) is 2.11. The molecular weight excluding hydrogens is 478 g/mol. The summed E-state index contributed by atoms with van der Waals surface area (Å²) in [6.07, 6.45) is 3.09. The number of nitrogens with one attached hydrogen (secondary N) is 4. The number of carbonyl (C=O) groups excluding carboxylic acids is 2. The second-order valence-electron chi connectivity index (χ2n) is 7.67. The number of halogens is 1. The Balaban J connectivity index is 1.58. The van der Waals surface area contributed by atoms with Crippen LogP contribution in [0.1, 0.15) is 18.1 Å². The lowest BCUT2D eigenvalue weighted by molar-refractivity contribution is -0.119. The number of carbonyl (C=O) groups is 2. The molecule has 0 unspecified atom stereocenters. The van der Waals surface area contributed by atoms with E-state index in [0.29, 0.717) is 54.2 Å². The quantitative estimate of drug-likeness (QED) is 0.233. The second-order valence-corrected chi connectivity index (χ2v) is 8.10. The Morgan fingerprint density at radius 1 is 0.944 bits per heavy atom. The maximum atomic E-state index is 12.1. The van der Waals surface area contributed by atoms with E-state index in [4.69, 9.17) is 16.9 Å². The van der Waals surface area contributed by atoms with E-state index in [0.717, 1.165) is 11.1 Å². The molecule has 0 saturated carbocycles. The average Bonchev–Trinajstić information content (AvgIpc) is 2.88. The lowest BCUT2D eigenvalue weighted by Gasteiger charge is -2.12. The number of hydrogen-bond donors (Lipinski definition) is 4. The van der Waals surface area contributed by atoms with Crippen LogP contribution in [-0.4, -0.2) is 48.0 Å². The molecule has 36 heavy (non-hydrogen) atoms. The third-order valence-electron chi connectivity index (χ3n) is 4.81.